The van der Waals surface area contributed by atoms with E-state index in [1.165, 1.54) is 24.2 Å². The van der Waals surface area contributed by atoms with Gasteiger partial charge in [0, 0.05) is 34.2 Å². The number of likely N-dealkylation sites (N-methyl/N-ethyl adjacent to an activating group) is 1. The molecule has 0 aliphatic carbocycles. The van der Waals surface area contributed by atoms with E-state index in [0.717, 1.165) is 31.3 Å². The highest BCUT2D eigenvalue weighted by atomic mass is 32.1. The molecule has 0 atom stereocenters. The quantitative estimate of drug-likeness (QED) is 0.877. The van der Waals surface area contributed by atoms with Crippen molar-refractivity contribution in [2.45, 2.75) is 12.8 Å². The van der Waals surface area contributed by atoms with Crippen molar-refractivity contribution in [1.29, 1.82) is 0 Å². The summed E-state index contributed by atoms with van der Waals surface area (Å²) >= 11 is 1.35. The number of nitrogens with two attached hydrogens (primary N) is 1. The average Bonchev–Trinajstić information content (AvgIpc) is 3.04. The van der Waals surface area contributed by atoms with Crippen LogP contribution in [0.4, 0.5) is 10.9 Å². The van der Waals surface area contributed by atoms with E-state index in [9.17, 15) is 4.79 Å². The van der Waals surface area contributed by atoms with Crippen molar-refractivity contribution in [3.8, 4) is 0 Å². The topological polar surface area (TPSA) is 65.7 Å². The number of thiazole rings is 1. The van der Waals surface area contributed by atoms with Gasteiger partial charge in [0.05, 0.1) is 0 Å². The van der Waals surface area contributed by atoms with E-state index >= 15 is 0 Å². The number of hydrogen-bond donors (Lipinski definition) is 1. The third-order valence-corrected chi connectivity index (χ3v) is 4.74. The van der Waals surface area contributed by atoms with Crippen molar-refractivity contribution < 1.29 is 4.79 Å². The third kappa shape index (κ3) is 3.40. The van der Waals surface area contributed by atoms with Crippen molar-refractivity contribution in [2.24, 2.45) is 0 Å². The smallest absolute Gasteiger partial charge is 0.267 e. The minimum atomic E-state index is -0.0349. The molecule has 1 saturated heterocycles. The molecule has 1 aliphatic heterocycles. The molecule has 0 spiro atoms. The molecular formula is C13H23N5OS. The molecule has 6 nitrogen and oxygen atoms in total. The highest BCUT2D eigenvalue weighted by Gasteiger charge is 2.21. The number of carbonyl (C=O) groups excluding carboxylic acids is 1. The van der Waals surface area contributed by atoms with Crippen LogP contribution in [0, 0.1) is 0 Å². The van der Waals surface area contributed by atoms with Crippen LogP contribution in [0.5, 0.6) is 0 Å². The van der Waals surface area contributed by atoms with Crippen LogP contribution < -0.4 is 10.6 Å². The molecule has 0 bridgehead atoms. The van der Waals surface area contributed by atoms with Gasteiger partial charge in [-0.3, -0.25) is 4.79 Å². The van der Waals surface area contributed by atoms with Gasteiger partial charge in [-0.1, -0.05) is 11.3 Å². The molecule has 1 fully saturated rings. The van der Waals surface area contributed by atoms with E-state index in [2.05, 4.69) is 9.88 Å². The Bertz CT molecular complexity index is 467. The van der Waals surface area contributed by atoms with Gasteiger partial charge < -0.3 is 20.4 Å². The fraction of sp³-hybridized carbons (Fsp3) is 0.692. The van der Waals surface area contributed by atoms with Gasteiger partial charge in [0.2, 0.25) is 0 Å². The fourth-order valence-electron chi connectivity index (χ4n) is 2.24. The second-order valence-corrected chi connectivity index (χ2v) is 6.36. The van der Waals surface area contributed by atoms with Gasteiger partial charge in [0.1, 0.15) is 10.7 Å². The summed E-state index contributed by atoms with van der Waals surface area (Å²) in [5, 5.41) is 0.763. The van der Waals surface area contributed by atoms with Crippen LogP contribution >= 0.6 is 11.3 Å². The van der Waals surface area contributed by atoms with Crippen LogP contribution in [-0.4, -0.2) is 68.0 Å². The van der Waals surface area contributed by atoms with Gasteiger partial charge in [-0.25, -0.2) is 4.98 Å². The maximum Gasteiger partial charge on any atom is 0.267 e. The first-order chi connectivity index (χ1) is 9.49. The maximum absolute atomic E-state index is 12.4. The molecule has 20 heavy (non-hydrogen) atoms. The van der Waals surface area contributed by atoms with Crippen LogP contribution in [-0.2, 0) is 0 Å². The van der Waals surface area contributed by atoms with Gasteiger partial charge in [0.15, 0.2) is 5.13 Å². The first-order valence-corrected chi connectivity index (χ1v) is 7.72. The summed E-state index contributed by atoms with van der Waals surface area (Å²) in [5.41, 5.74) is 5.85. The number of likely N-dealkylation sites (tertiary alicyclic amines) is 1. The van der Waals surface area contributed by atoms with E-state index in [1.54, 1.807) is 4.90 Å². The summed E-state index contributed by atoms with van der Waals surface area (Å²) in [6, 6.07) is 0. The van der Waals surface area contributed by atoms with Crippen molar-refractivity contribution >= 4 is 28.2 Å². The van der Waals surface area contributed by atoms with Gasteiger partial charge >= 0.3 is 0 Å². The van der Waals surface area contributed by atoms with E-state index in [0.29, 0.717) is 10.7 Å². The minimum absolute atomic E-state index is 0.0349. The highest BCUT2D eigenvalue weighted by molar-refractivity contribution is 7.18. The number of amides is 1. The minimum Gasteiger partial charge on any atom is -0.382 e. The van der Waals surface area contributed by atoms with Crippen molar-refractivity contribution in [3.63, 3.8) is 0 Å². The zero-order chi connectivity index (χ0) is 14.7. The van der Waals surface area contributed by atoms with Crippen LogP contribution in [0.15, 0.2) is 0 Å². The van der Waals surface area contributed by atoms with Crippen molar-refractivity contribution in [3.05, 3.63) is 4.88 Å². The Balaban J connectivity index is 1.95. The molecule has 2 rings (SSSR count). The lowest BCUT2D eigenvalue weighted by Crippen LogP contribution is -2.35. The lowest BCUT2D eigenvalue weighted by atomic mass is 10.4. The molecule has 2 N–H and O–H groups in total. The lowest BCUT2D eigenvalue weighted by Gasteiger charge is -2.21. The second-order valence-electron chi connectivity index (χ2n) is 5.38. The first kappa shape index (κ1) is 15.1. The molecule has 1 aromatic heterocycles. The van der Waals surface area contributed by atoms with Crippen molar-refractivity contribution in [1.82, 2.24) is 14.8 Å². The average molecular weight is 297 g/mol. The Kier molecular flexibility index (Phi) is 4.82. The molecule has 7 heteroatoms. The third-order valence-electron chi connectivity index (χ3n) is 3.52. The number of nitrogen functional groups attached to an aromatic ring is 1. The summed E-state index contributed by atoms with van der Waals surface area (Å²) in [6.45, 7) is 3.96. The normalized spacial score (nSPS) is 15.6. The zero-order valence-corrected chi connectivity index (χ0v) is 13.2. The Labute approximate surface area is 124 Å². The lowest BCUT2D eigenvalue weighted by molar-refractivity contribution is 0.0788. The van der Waals surface area contributed by atoms with E-state index in [4.69, 9.17) is 5.73 Å². The van der Waals surface area contributed by atoms with Gasteiger partial charge in [-0.15, -0.1) is 0 Å². The number of nitrogens with zero attached hydrogens (tertiary/aromatic N) is 4. The Morgan fingerprint density at radius 1 is 1.35 bits per heavy atom. The molecule has 1 aromatic rings. The summed E-state index contributed by atoms with van der Waals surface area (Å²) in [5.74, 6) is 0.295. The molecule has 112 valence electrons. The summed E-state index contributed by atoms with van der Waals surface area (Å²) in [7, 11) is 5.61. The molecule has 2 heterocycles. The first-order valence-electron chi connectivity index (χ1n) is 6.90. The van der Waals surface area contributed by atoms with Crippen LogP contribution in [0.2, 0.25) is 0 Å². The fourth-order valence-corrected chi connectivity index (χ4v) is 3.14. The Morgan fingerprint density at radius 2 is 2.00 bits per heavy atom. The molecule has 1 amide bonds. The summed E-state index contributed by atoms with van der Waals surface area (Å²) < 4.78 is 0. The molecule has 0 radical (unpaired) electrons. The molecule has 0 aromatic carbocycles. The number of aromatic nitrogens is 1. The summed E-state index contributed by atoms with van der Waals surface area (Å²) in [4.78, 5) is 23.1. The van der Waals surface area contributed by atoms with Gasteiger partial charge in [0.25, 0.3) is 5.91 Å². The molecule has 0 unspecified atom stereocenters. The zero-order valence-electron chi connectivity index (χ0n) is 12.4. The largest absolute Gasteiger partial charge is 0.382 e. The van der Waals surface area contributed by atoms with Crippen molar-refractivity contribution in [2.75, 3.05) is 58.0 Å². The SMILES string of the molecule is CN(CCN1CCCC1)C(=O)c1sc(N(C)C)nc1N. The summed E-state index contributed by atoms with van der Waals surface area (Å²) in [6.07, 6.45) is 2.54. The van der Waals surface area contributed by atoms with Gasteiger partial charge in [-0.05, 0) is 25.9 Å². The predicted octanol–water partition coefficient (Wildman–Crippen LogP) is 0.959. The molecule has 0 saturated carbocycles. The number of hydrogen-bond acceptors (Lipinski definition) is 6. The van der Waals surface area contributed by atoms with Crippen LogP contribution in [0.25, 0.3) is 0 Å². The maximum atomic E-state index is 12.4. The predicted molar refractivity (Wildman–Crippen MR) is 83.5 cm³/mol. The molecule has 1 aliphatic rings. The monoisotopic (exact) mass is 297 g/mol. The molecular weight excluding hydrogens is 274 g/mol. The van der Waals surface area contributed by atoms with E-state index < -0.39 is 0 Å². The second kappa shape index (κ2) is 6.41. The highest BCUT2D eigenvalue weighted by Crippen LogP contribution is 2.27. The standard InChI is InChI=1S/C13H23N5OS/c1-16(2)13-15-11(14)10(20-13)12(19)17(3)8-9-18-6-4-5-7-18/h4-9,14H2,1-3H3. The van der Waals surface area contributed by atoms with E-state index in [-0.39, 0.29) is 5.91 Å². The van der Waals surface area contributed by atoms with Gasteiger partial charge in [-0.2, -0.15) is 0 Å². The number of rotatable bonds is 5. The number of carbonyl (C=O) groups is 1. The van der Waals surface area contributed by atoms with Crippen LogP contribution in [0.1, 0.15) is 22.5 Å². The van der Waals surface area contributed by atoms with Crippen LogP contribution in [0.3, 0.4) is 0 Å². The Morgan fingerprint density at radius 3 is 2.55 bits per heavy atom. The number of anilines is 2. The van der Waals surface area contributed by atoms with E-state index in [1.807, 2.05) is 26.0 Å². The Hall–Kier alpha value is -1.34.